The van der Waals surface area contributed by atoms with Gasteiger partial charge in [-0.25, -0.2) is 0 Å². The topological polar surface area (TPSA) is 0 Å². The third-order valence-electron chi connectivity index (χ3n) is 1.59. The van der Waals surface area contributed by atoms with Gasteiger partial charge >= 0.3 is 0 Å². The average molecular weight is 548 g/mol. The molecule has 0 aliphatic carbocycles. The maximum absolute atomic E-state index is 2.43. The summed E-state index contributed by atoms with van der Waals surface area (Å²) in [4.78, 5) is 0. The molecule has 8 heteroatoms. The second-order valence-corrected chi connectivity index (χ2v) is 12.9. The van der Waals surface area contributed by atoms with Gasteiger partial charge < -0.3 is 0 Å². The molecule has 2 rings (SSSR count). The zero-order chi connectivity index (χ0) is 11.7. The number of rotatable bonds is 2. The lowest BCUT2D eigenvalue weighted by Crippen LogP contribution is -1.66. The molecule has 0 atom stereocenters. The van der Waals surface area contributed by atoms with E-state index in [1.807, 2.05) is 70.6 Å². The van der Waals surface area contributed by atoms with E-state index in [0.29, 0.717) is 0 Å². The quantitative estimate of drug-likeness (QED) is 0.341. The highest BCUT2D eigenvalue weighted by Gasteiger charge is 2.27. The fraction of sp³-hybridized carbons (Fsp3) is 0.250. The zero-order valence-electron chi connectivity index (χ0n) is 8.21. The van der Waals surface area contributed by atoms with Gasteiger partial charge in [0.05, 0.1) is 22.8 Å². The van der Waals surface area contributed by atoms with Crippen molar-refractivity contribution < 1.29 is 0 Å². The fourth-order valence-corrected chi connectivity index (χ4v) is 11.1. The first-order valence-corrected chi connectivity index (χ1v) is 11.9. The van der Waals surface area contributed by atoms with E-state index in [9.17, 15) is 0 Å². The molecule has 0 saturated heterocycles. The van der Waals surface area contributed by atoms with Crippen LogP contribution in [0.5, 0.6) is 0 Å². The van der Waals surface area contributed by atoms with Gasteiger partial charge in [-0.3, -0.25) is 0 Å². The van der Waals surface area contributed by atoms with E-state index >= 15 is 0 Å². The third kappa shape index (κ3) is 3.45. The van der Waals surface area contributed by atoms with Crippen molar-refractivity contribution in [3.8, 4) is 0 Å². The van der Waals surface area contributed by atoms with Gasteiger partial charge in [-0.15, -0.1) is 23.5 Å². The van der Waals surface area contributed by atoms with Gasteiger partial charge in [-0.05, 0) is 57.7 Å². The van der Waals surface area contributed by atoms with Crippen LogP contribution in [0.3, 0.4) is 0 Å². The Morgan fingerprint density at radius 3 is 1.50 bits per heavy atom. The average Bonchev–Trinajstić information content (AvgIpc) is 2.83. The van der Waals surface area contributed by atoms with E-state index in [1.54, 1.807) is 0 Å². The molecule has 88 valence electrons. The highest BCUT2D eigenvalue weighted by Crippen LogP contribution is 2.64. The molecule has 16 heavy (non-hydrogen) atoms. The Labute approximate surface area is 148 Å². The molecule has 0 aromatic heterocycles. The summed E-state index contributed by atoms with van der Waals surface area (Å²) in [5.74, 6) is 0. The van der Waals surface area contributed by atoms with E-state index in [4.69, 9.17) is 0 Å². The van der Waals surface area contributed by atoms with Crippen LogP contribution in [0, 0.1) is 0 Å². The summed E-state index contributed by atoms with van der Waals surface area (Å²) < 4.78 is 8.66. The van der Waals surface area contributed by atoms with Gasteiger partial charge in [0.25, 0.3) is 0 Å². The van der Waals surface area contributed by atoms with E-state index in [1.165, 1.54) is 22.8 Å². The third-order valence-corrected chi connectivity index (χ3v) is 13.7. The largest absolute Gasteiger partial charge is 0.121 e. The molecule has 2 aliphatic heterocycles. The van der Waals surface area contributed by atoms with Crippen LogP contribution < -0.4 is 0 Å². The lowest BCUT2D eigenvalue weighted by atomic mass is 11.2. The van der Waals surface area contributed by atoms with Crippen LogP contribution in [-0.4, -0.2) is 12.5 Å². The molecule has 0 saturated carbocycles. The van der Waals surface area contributed by atoms with E-state index in [0.717, 1.165) is 0 Å². The first kappa shape index (κ1) is 15.2. The molecule has 0 amide bonds. The molecule has 0 N–H and O–H groups in total. The van der Waals surface area contributed by atoms with Gasteiger partial charge in [0, 0.05) is 0 Å². The van der Waals surface area contributed by atoms with Crippen LogP contribution in [0.1, 0.15) is 0 Å². The molecule has 0 unspecified atom stereocenters. The van der Waals surface area contributed by atoms with Crippen molar-refractivity contribution in [2.24, 2.45) is 0 Å². The Balaban J connectivity index is 2.15. The SMILES string of the molecule is CSC1=C(SC)SC(=C2SC(I)=C(I)S2)S1. The second-order valence-electron chi connectivity index (χ2n) is 2.51. The maximum Gasteiger partial charge on any atom is 0.0717 e. The van der Waals surface area contributed by atoms with Crippen LogP contribution in [0.4, 0.5) is 0 Å². The Hall–Kier alpha value is 2.78. The van der Waals surface area contributed by atoms with E-state index < -0.39 is 0 Å². The number of hydrogen-bond acceptors (Lipinski definition) is 6. The number of thioether (sulfide) groups is 6. The van der Waals surface area contributed by atoms with Crippen molar-refractivity contribution in [3.05, 3.63) is 22.8 Å². The predicted octanol–water partition coefficient (Wildman–Crippen LogP) is 6.92. The normalized spacial score (nSPS) is 21.8. The molecule has 2 heterocycles. The number of hydrogen-bond donors (Lipinski definition) is 0. The van der Waals surface area contributed by atoms with Gasteiger partial charge in [0.1, 0.15) is 0 Å². The predicted molar refractivity (Wildman–Crippen MR) is 107 cm³/mol. The summed E-state index contributed by atoms with van der Waals surface area (Å²) >= 11 is 16.3. The minimum atomic E-state index is 1.41. The summed E-state index contributed by atoms with van der Waals surface area (Å²) in [6, 6.07) is 0. The van der Waals surface area contributed by atoms with Gasteiger partial charge in [-0.2, -0.15) is 0 Å². The summed E-state index contributed by atoms with van der Waals surface area (Å²) in [6.07, 6.45) is 4.32. The first-order valence-electron chi connectivity index (χ1n) is 3.99. The Kier molecular flexibility index (Phi) is 6.62. The Morgan fingerprint density at radius 1 is 0.750 bits per heavy atom. The zero-order valence-corrected chi connectivity index (χ0v) is 17.4. The van der Waals surface area contributed by atoms with Crippen molar-refractivity contribution >= 4 is 116 Å². The van der Waals surface area contributed by atoms with Crippen LogP contribution in [0.15, 0.2) is 22.8 Å². The van der Waals surface area contributed by atoms with E-state index in [-0.39, 0.29) is 0 Å². The molecule has 0 aromatic rings. The Morgan fingerprint density at radius 2 is 1.12 bits per heavy atom. The fourth-order valence-electron chi connectivity index (χ4n) is 0.953. The summed E-state index contributed by atoms with van der Waals surface area (Å²) in [5.41, 5.74) is 0. The maximum atomic E-state index is 2.43. The molecular weight excluding hydrogens is 542 g/mol. The van der Waals surface area contributed by atoms with Crippen molar-refractivity contribution in [1.82, 2.24) is 0 Å². The molecule has 0 fully saturated rings. The van der Waals surface area contributed by atoms with Crippen LogP contribution in [0.25, 0.3) is 0 Å². The van der Waals surface area contributed by atoms with Crippen molar-refractivity contribution in [2.45, 2.75) is 0 Å². The minimum Gasteiger partial charge on any atom is -0.121 e. The van der Waals surface area contributed by atoms with Crippen LogP contribution >= 0.6 is 116 Å². The van der Waals surface area contributed by atoms with Gasteiger partial charge in [-0.1, -0.05) is 47.0 Å². The highest BCUT2D eigenvalue weighted by atomic mass is 127. The molecular formula is C8H6I2S6. The van der Waals surface area contributed by atoms with Crippen LogP contribution in [0.2, 0.25) is 0 Å². The van der Waals surface area contributed by atoms with E-state index in [2.05, 4.69) is 57.7 Å². The van der Waals surface area contributed by atoms with Gasteiger partial charge in [0.2, 0.25) is 0 Å². The number of halogens is 2. The van der Waals surface area contributed by atoms with Crippen LogP contribution in [-0.2, 0) is 0 Å². The van der Waals surface area contributed by atoms with Gasteiger partial charge in [0.15, 0.2) is 0 Å². The summed E-state index contributed by atoms with van der Waals surface area (Å²) in [6.45, 7) is 0. The van der Waals surface area contributed by atoms with Crippen molar-refractivity contribution in [1.29, 1.82) is 0 Å². The second kappa shape index (κ2) is 6.98. The lowest BCUT2D eigenvalue weighted by Gasteiger charge is -2.00. The molecule has 0 aromatic carbocycles. The van der Waals surface area contributed by atoms with Crippen molar-refractivity contribution in [3.63, 3.8) is 0 Å². The minimum absolute atomic E-state index is 1.41. The highest BCUT2D eigenvalue weighted by molar-refractivity contribution is 14.1. The first-order chi connectivity index (χ1) is 7.65. The molecule has 0 spiro atoms. The molecule has 2 aliphatic rings. The lowest BCUT2D eigenvalue weighted by molar-refractivity contribution is 2.30. The summed E-state index contributed by atoms with van der Waals surface area (Å²) in [7, 11) is 0. The van der Waals surface area contributed by atoms with Crippen molar-refractivity contribution in [2.75, 3.05) is 12.5 Å². The molecule has 0 radical (unpaired) electrons. The standard InChI is InChI=1S/C8H6I2S6/c1-11-5-6(12-2)16-8(15-5)7-13-3(9)4(10)14-7/h1-2H3. The smallest absolute Gasteiger partial charge is 0.0717 e. The molecule has 0 nitrogen and oxygen atoms in total. The monoisotopic (exact) mass is 548 g/mol. The Bertz CT molecular complexity index is 377. The molecule has 0 bridgehead atoms. The summed E-state index contributed by atoms with van der Waals surface area (Å²) in [5, 5.41) is 0.